The van der Waals surface area contributed by atoms with E-state index in [1.54, 1.807) is 42.5 Å². The summed E-state index contributed by atoms with van der Waals surface area (Å²) in [5.41, 5.74) is 6.53. The Balaban J connectivity index is 2.28. The largest absolute Gasteiger partial charge is 0.494 e. The van der Waals surface area contributed by atoms with Crippen molar-refractivity contribution in [2.75, 3.05) is 19.5 Å². The zero-order chi connectivity index (χ0) is 15.2. The summed E-state index contributed by atoms with van der Waals surface area (Å²) in [5.74, 6) is 1.09. The maximum atomic E-state index is 11.7. The van der Waals surface area contributed by atoms with Gasteiger partial charge in [-0.25, -0.2) is 4.79 Å². The van der Waals surface area contributed by atoms with Crippen LogP contribution in [0.3, 0.4) is 0 Å². The van der Waals surface area contributed by atoms with E-state index in [0.29, 0.717) is 18.0 Å². The summed E-state index contributed by atoms with van der Waals surface area (Å²) < 4.78 is 15.8. The molecule has 0 amide bonds. The third-order valence-corrected chi connectivity index (χ3v) is 2.81. The normalized spacial score (nSPS) is 10.0. The Morgan fingerprint density at radius 3 is 2.38 bits per heavy atom. The van der Waals surface area contributed by atoms with E-state index in [1.165, 1.54) is 7.11 Å². The van der Waals surface area contributed by atoms with Gasteiger partial charge in [-0.3, -0.25) is 0 Å². The van der Waals surface area contributed by atoms with E-state index < -0.39 is 5.97 Å². The molecule has 0 aliphatic carbocycles. The van der Waals surface area contributed by atoms with Crippen molar-refractivity contribution in [3.8, 4) is 17.2 Å². The van der Waals surface area contributed by atoms with Crippen LogP contribution in [-0.2, 0) is 4.74 Å². The first kappa shape index (κ1) is 14.7. The van der Waals surface area contributed by atoms with Gasteiger partial charge in [-0.05, 0) is 43.3 Å². The molecule has 0 bridgehead atoms. The molecule has 5 nitrogen and oxygen atoms in total. The van der Waals surface area contributed by atoms with E-state index in [1.807, 2.05) is 6.92 Å². The second-order valence-corrected chi connectivity index (χ2v) is 4.22. The molecule has 0 aromatic heterocycles. The Hall–Kier alpha value is -2.69. The number of nitrogen functional groups attached to an aromatic ring is 1. The van der Waals surface area contributed by atoms with Crippen molar-refractivity contribution < 1.29 is 19.0 Å². The molecule has 0 heterocycles. The highest BCUT2D eigenvalue weighted by Gasteiger charge is 2.16. The van der Waals surface area contributed by atoms with E-state index in [0.717, 1.165) is 5.75 Å². The number of anilines is 1. The molecule has 0 fully saturated rings. The highest BCUT2D eigenvalue weighted by molar-refractivity contribution is 5.94. The van der Waals surface area contributed by atoms with Gasteiger partial charge < -0.3 is 19.9 Å². The highest BCUT2D eigenvalue weighted by Crippen LogP contribution is 2.32. The smallest absolute Gasteiger partial charge is 0.341 e. The summed E-state index contributed by atoms with van der Waals surface area (Å²) in [6.07, 6.45) is 0. The average molecular weight is 287 g/mol. The van der Waals surface area contributed by atoms with Crippen LogP contribution < -0.4 is 15.2 Å². The fourth-order valence-corrected chi connectivity index (χ4v) is 1.83. The molecule has 110 valence electrons. The molecule has 2 rings (SSSR count). The van der Waals surface area contributed by atoms with E-state index >= 15 is 0 Å². The molecule has 2 aromatic rings. The van der Waals surface area contributed by atoms with E-state index in [4.69, 9.17) is 19.9 Å². The predicted molar refractivity (Wildman–Crippen MR) is 79.9 cm³/mol. The lowest BCUT2D eigenvalue weighted by Crippen LogP contribution is -2.05. The standard InChI is InChI=1S/C16H17NO4/c1-3-20-11-7-9-12(10-8-11)21-15-13(16(18)19-2)5-4-6-14(15)17/h4-10H,3,17H2,1-2H3. The van der Waals surface area contributed by atoms with Crippen molar-refractivity contribution in [3.63, 3.8) is 0 Å². The van der Waals surface area contributed by atoms with Crippen LogP contribution in [-0.4, -0.2) is 19.7 Å². The summed E-state index contributed by atoms with van der Waals surface area (Å²) in [6, 6.07) is 12.0. The van der Waals surface area contributed by atoms with Crippen LogP contribution >= 0.6 is 0 Å². The average Bonchev–Trinajstić information content (AvgIpc) is 2.50. The number of nitrogens with two attached hydrogens (primary N) is 1. The Morgan fingerprint density at radius 1 is 1.10 bits per heavy atom. The number of methoxy groups -OCH3 is 1. The number of esters is 1. The molecular weight excluding hydrogens is 270 g/mol. The van der Waals surface area contributed by atoms with E-state index in [2.05, 4.69) is 0 Å². The molecule has 0 spiro atoms. The lowest BCUT2D eigenvalue weighted by atomic mass is 10.1. The first-order valence-corrected chi connectivity index (χ1v) is 6.53. The molecular formula is C16H17NO4. The number of benzene rings is 2. The Labute approximate surface area is 123 Å². The maximum Gasteiger partial charge on any atom is 0.341 e. The number of para-hydroxylation sites is 1. The van der Waals surface area contributed by atoms with Crippen LogP contribution in [0.5, 0.6) is 17.2 Å². The number of hydrogen-bond acceptors (Lipinski definition) is 5. The number of ether oxygens (including phenoxy) is 3. The van der Waals surface area contributed by atoms with Gasteiger partial charge in [-0.2, -0.15) is 0 Å². The topological polar surface area (TPSA) is 70.8 Å². The minimum Gasteiger partial charge on any atom is -0.494 e. The lowest BCUT2D eigenvalue weighted by molar-refractivity contribution is 0.0598. The zero-order valence-electron chi connectivity index (χ0n) is 12.0. The van der Waals surface area contributed by atoms with Crippen LogP contribution in [0.4, 0.5) is 5.69 Å². The molecule has 5 heteroatoms. The van der Waals surface area contributed by atoms with Gasteiger partial charge in [0.2, 0.25) is 0 Å². The summed E-state index contributed by atoms with van der Waals surface area (Å²) >= 11 is 0. The van der Waals surface area contributed by atoms with E-state index in [-0.39, 0.29) is 11.3 Å². The summed E-state index contributed by atoms with van der Waals surface area (Å²) in [7, 11) is 1.31. The fourth-order valence-electron chi connectivity index (χ4n) is 1.83. The van der Waals surface area contributed by atoms with Gasteiger partial charge in [0.05, 0.1) is 19.4 Å². The monoisotopic (exact) mass is 287 g/mol. The van der Waals surface area contributed by atoms with Gasteiger partial charge in [0.15, 0.2) is 5.75 Å². The first-order valence-electron chi connectivity index (χ1n) is 6.53. The van der Waals surface area contributed by atoms with Gasteiger partial charge in [0.25, 0.3) is 0 Å². The molecule has 0 aliphatic heterocycles. The van der Waals surface area contributed by atoms with Crippen molar-refractivity contribution in [1.29, 1.82) is 0 Å². The first-order chi connectivity index (χ1) is 10.2. The highest BCUT2D eigenvalue weighted by atomic mass is 16.5. The Kier molecular flexibility index (Phi) is 4.66. The zero-order valence-corrected chi connectivity index (χ0v) is 12.0. The van der Waals surface area contributed by atoms with Crippen molar-refractivity contribution in [1.82, 2.24) is 0 Å². The Morgan fingerprint density at radius 2 is 1.76 bits per heavy atom. The Bertz CT molecular complexity index is 623. The molecule has 2 aromatic carbocycles. The molecule has 0 radical (unpaired) electrons. The SMILES string of the molecule is CCOc1ccc(Oc2c(N)cccc2C(=O)OC)cc1. The van der Waals surface area contributed by atoms with Crippen molar-refractivity contribution in [2.45, 2.75) is 6.92 Å². The van der Waals surface area contributed by atoms with Gasteiger partial charge in [0, 0.05) is 0 Å². The second kappa shape index (κ2) is 6.65. The third kappa shape index (κ3) is 3.45. The summed E-state index contributed by atoms with van der Waals surface area (Å²) in [5, 5.41) is 0. The molecule has 0 atom stereocenters. The predicted octanol–water partition coefficient (Wildman–Crippen LogP) is 3.25. The van der Waals surface area contributed by atoms with Gasteiger partial charge in [-0.1, -0.05) is 6.07 Å². The molecule has 0 aliphatic rings. The van der Waals surface area contributed by atoms with Crippen LogP contribution in [0.1, 0.15) is 17.3 Å². The summed E-state index contributed by atoms with van der Waals surface area (Å²) in [4.78, 5) is 11.7. The van der Waals surface area contributed by atoms with Crippen molar-refractivity contribution >= 4 is 11.7 Å². The van der Waals surface area contributed by atoms with Crippen LogP contribution in [0.2, 0.25) is 0 Å². The van der Waals surface area contributed by atoms with Gasteiger partial charge in [-0.15, -0.1) is 0 Å². The minimum absolute atomic E-state index is 0.284. The number of hydrogen-bond donors (Lipinski definition) is 1. The van der Waals surface area contributed by atoms with Gasteiger partial charge in [0.1, 0.15) is 17.1 Å². The molecule has 2 N–H and O–H groups in total. The molecule has 0 unspecified atom stereocenters. The summed E-state index contributed by atoms with van der Waals surface area (Å²) in [6.45, 7) is 2.51. The molecule has 0 saturated heterocycles. The number of rotatable bonds is 5. The van der Waals surface area contributed by atoms with Crippen LogP contribution in [0.15, 0.2) is 42.5 Å². The van der Waals surface area contributed by atoms with Crippen molar-refractivity contribution in [3.05, 3.63) is 48.0 Å². The van der Waals surface area contributed by atoms with Gasteiger partial charge >= 0.3 is 5.97 Å². The third-order valence-electron chi connectivity index (χ3n) is 2.81. The fraction of sp³-hybridized carbons (Fsp3) is 0.188. The van der Waals surface area contributed by atoms with Crippen LogP contribution in [0.25, 0.3) is 0 Å². The van der Waals surface area contributed by atoms with Crippen molar-refractivity contribution in [2.24, 2.45) is 0 Å². The maximum absolute atomic E-state index is 11.7. The molecule has 21 heavy (non-hydrogen) atoms. The second-order valence-electron chi connectivity index (χ2n) is 4.22. The van der Waals surface area contributed by atoms with Crippen LogP contribution in [0, 0.1) is 0 Å². The number of carbonyl (C=O) groups is 1. The van der Waals surface area contributed by atoms with E-state index in [9.17, 15) is 4.79 Å². The molecule has 0 saturated carbocycles. The minimum atomic E-state index is -0.497. The lowest BCUT2D eigenvalue weighted by Gasteiger charge is -2.12. The quantitative estimate of drug-likeness (QED) is 0.675. The number of carbonyl (C=O) groups excluding carboxylic acids is 1.